The lowest BCUT2D eigenvalue weighted by atomic mass is 10.00. The van der Waals surface area contributed by atoms with Crippen LogP contribution >= 0.6 is 24.0 Å². The summed E-state index contributed by atoms with van der Waals surface area (Å²) in [4.78, 5) is 4.35. The molecule has 0 heterocycles. The number of nitrogens with two attached hydrogens (primary N) is 1. The van der Waals surface area contributed by atoms with Gasteiger partial charge in [-0.3, -0.25) is 0 Å². The molecule has 1 rings (SSSR count). The number of methoxy groups -OCH3 is 1. The van der Waals surface area contributed by atoms with Crippen LogP contribution < -0.4 is 11.1 Å². The van der Waals surface area contributed by atoms with Crippen molar-refractivity contribution in [1.29, 1.82) is 0 Å². The van der Waals surface area contributed by atoms with Gasteiger partial charge in [0, 0.05) is 13.7 Å². The van der Waals surface area contributed by atoms with E-state index in [0.29, 0.717) is 25.7 Å². The van der Waals surface area contributed by atoms with E-state index in [1.54, 1.807) is 7.11 Å². The Bertz CT molecular complexity index is 410. The molecule has 0 fully saturated rings. The van der Waals surface area contributed by atoms with Gasteiger partial charge in [-0.2, -0.15) is 0 Å². The molecular formula is C14H24IN3O. The zero-order chi connectivity index (χ0) is 13.5. The van der Waals surface area contributed by atoms with Gasteiger partial charge in [0.15, 0.2) is 5.96 Å². The van der Waals surface area contributed by atoms with Crippen molar-refractivity contribution >= 4 is 29.9 Å². The fourth-order valence-corrected chi connectivity index (χ4v) is 1.96. The van der Waals surface area contributed by atoms with E-state index in [9.17, 15) is 0 Å². The highest BCUT2D eigenvalue weighted by Crippen LogP contribution is 2.17. The number of hydrogen-bond donors (Lipinski definition) is 2. The number of aryl methyl sites for hydroxylation is 3. The quantitative estimate of drug-likeness (QED) is 0.358. The SMILES string of the molecule is COCCNC(N)=NCc1c(C)cc(C)cc1C.I. The molecule has 0 unspecified atom stereocenters. The van der Waals surface area contributed by atoms with Crippen LogP contribution in [0.4, 0.5) is 0 Å². The van der Waals surface area contributed by atoms with E-state index >= 15 is 0 Å². The summed E-state index contributed by atoms with van der Waals surface area (Å²) in [5.74, 6) is 0.464. The smallest absolute Gasteiger partial charge is 0.188 e. The number of rotatable bonds is 5. The molecule has 0 aromatic heterocycles. The number of aliphatic imine (C=N–C) groups is 1. The van der Waals surface area contributed by atoms with Gasteiger partial charge in [-0.1, -0.05) is 17.7 Å². The fourth-order valence-electron chi connectivity index (χ4n) is 1.96. The first-order valence-corrected chi connectivity index (χ1v) is 6.14. The highest BCUT2D eigenvalue weighted by Gasteiger charge is 2.03. The molecule has 0 spiro atoms. The molecule has 4 nitrogen and oxygen atoms in total. The Kier molecular flexibility index (Phi) is 8.75. The van der Waals surface area contributed by atoms with Gasteiger partial charge in [0.25, 0.3) is 0 Å². The second-order valence-electron chi connectivity index (χ2n) is 4.50. The van der Waals surface area contributed by atoms with Crippen molar-refractivity contribution in [2.45, 2.75) is 27.3 Å². The van der Waals surface area contributed by atoms with Gasteiger partial charge in [-0.15, -0.1) is 24.0 Å². The minimum absolute atomic E-state index is 0. The van der Waals surface area contributed by atoms with Crippen LogP contribution in [-0.2, 0) is 11.3 Å². The summed E-state index contributed by atoms with van der Waals surface area (Å²) in [5.41, 5.74) is 10.8. The summed E-state index contributed by atoms with van der Waals surface area (Å²) < 4.78 is 4.93. The van der Waals surface area contributed by atoms with Gasteiger partial charge >= 0.3 is 0 Å². The van der Waals surface area contributed by atoms with Crippen LogP contribution in [0.2, 0.25) is 0 Å². The van der Waals surface area contributed by atoms with E-state index in [1.807, 2.05) is 0 Å². The monoisotopic (exact) mass is 377 g/mol. The van der Waals surface area contributed by atoms with Crippen LogP contribution in [0.3, 0.4) is 0 Å². The van der Waals surface area contributed by atoms with Crippen molar-refractivity contribution < 1.29 is 4.74 Å². The Morgan fingerprint density at radius 3 is 2.37 bits per heavy atom. The molecule has 1 aromatic carbocycles. The maximum Gasteiger partial charge on any atom is 0.188 e. The van der Waals surface area contributed by atoms with E-state index in [-0.39, 0.29) is 24.0 Å². The Hall–Kier alpha value is -0.820. The van der Waals surface area contributed by atoms with Crippen molar-refractivity contribution in [3.8, 4) is 0 Å². The summed E-state index contributed by atoms with van der Waals surface area (Å²) in [6.45, 7) is 8.24. The lowest BCUT2D eigenvalue weighted by Crippen LogP contribution is -2.34. The highest BCUT2D eigenvalue weighted by atomic mass is 127. The minimum Gasteiger partial charge on any atom is -0.383 e. The van der Waals surface area contributed by atoms with E-state index in [0.717, 1.165) is 0 Å². The number of benzene rings is 1. The van der Waals surface area contributed by atoms with Gasteiger partial charge in [-0.05, 0) is 37.5 Å². The third-order valence-corrected chi connectivity index (χ3v) is 2.86. The molecule has 5 heteroatoms. The van der Waals surface area contributed by atoms with E-state index in [2.05, 4.69) is 43.2 Å². The zero-order valence-electron chi connectivity index (χ0n) is 12.1. The second-order valence-corrected chi connectivity index (χ2v) is 4.50. The normalized spacial score (nSPS) is 11.1. The zero-order valence-corrected chi connectivity index (χ0v) is 14.4. The number of hydrogen-bond acceptors (Lipinski definition) is 2. The number of guanidine groups is 1. The minimum atomic E-state index is 0. The number of halogens is 1. The molecular weight excluding hydrogens is 353 g/mol. The summed E-state index contributed by atoms with van der Waals surface area (Å²) in [6, 6.07) is 4.35. The predicted octanol–water partition coefficient (Wildman–Crippen LogP) is 2.28. The van der Waals surface area contributed by atoms with Gasteiger partial charge < -0.3 is 15.8 Å². The molecule has 0 aliphatic carbocycles. The molecule has 0 saturated heterocycles. The van der Waals surface area contributed by atoms with Crippen LogP contribution in [0.1, 0.15) is 22.3 Å². The third-order valence-electron chi connectivity index (χ3n) is 2.86. The Balaban J connectivity index is 0.00000324. The average Bonchev–Trinajstić information content (AvgIpc) is 2.27. The van der Waals surface area contributed by atoms with E-state index in [4.69, 9.17) is 10.5 Å². The number of nitrogens with one attached hydrogen (secondary N) is 1. The maximum atomic E-state index is 5.78. The lowest BCUT2D eigenvalue weighted by Gasteiger charge is -2.10. The van der Waals surface area contributed by atoms with Crippen molar-refractivity contribution in [2.24, 2.45) is 10.7 Å². The second kappa shape index (κ2) is 9.14. The van der Waals surface area contributed by atoms with Crippen molar-refractivity contribution in [3.05, 3.63) is 34.4 Å². The van der Waals surface area contributed by atoms with E-state index < -0.39 is 0 Å². The average molecular weight is 377 g/mol. The van der Waals surface area contributed by atoms with Gasteiger partial charge in [-0.25, -0.2) is 4.99 Å². The first-order chi connectivity index (χ1) is 8.54. The van der Waals surface area contributed by atoms with Crippen LogP contribution in [0.15, 0.2) is 17.1 Å². The summed E-state index contributed by atoms with van der Waals surface area (Å²) >= 11 is 0. The Morgan fingerprint density at radius 2 is 1.84 bits per heavy atom. The summed E-state index contributed by atoms with van der Waals surface area (Å²) in [7, 11) is 1.66. The molecule has 0 bridgehead atoms. The van der Waals surface area contributed by atoms with Crippen molar-refractivity contribution in [3.63, 3.8) is 0 Å². The molecule has 0 aliphatic heterocycles. The van der Waals surface area contributed by atoms with Crippen molar-refractivity contribution in [2.75, 3.05) is 20.3 Å². The molecule has 0 saturated carbocycles. The largest absolute Gasteiger partial charge is 0.383 e. The van der Waals surface area contributed by atoms with Gasteiger partial charge in [0.05, 0.1) is 13.2 Å². The molecule has 3 N–H and O–H groups in total. The Morgan fingerprint density at radius 1 is 1.26 bits per heavy atom. The molecule has 0 amide bonds. The molecule has 0 atom stereocenters. The third kappa shape index (κ3) is 6.24. The first kappa shape index (κ1) is 18.2. The molecule has 0 radical (unpaired) electrons. The van der Waals surface area contributed by atoms with Crippen molar-refractivity contribution in [1.82, 2.24) is 5.32 Å². The highest BCUT2D eigenvalue weighted by molar-refractivity contribution is 14.0. The standard InChI is InChI=1S/C14H23N3O.HI/c1-10-7-11(2)13(12(3)8-10)9-17-14(15)16-5-6-18-4;/h7-8H,5-6,9H2,1-4H3,(H3,15,16,17);1H. The predicted molar refractivity (Wildman–Crippen MR) is 91.3 cm³/mol. The first-order valence-electron chi connectivity index (χ1n) is 6.14. The number of nitrogens with zero attached hydrogens (tertiary/aromatic N) is 1. The maximum absolute atomic E-state index is 5.78. The van der Waals surface area contributed by atoms with E-state index in [1.165, 1.54) is 22.3 Å². The topological polar surface area (TPSA) is 59.6 Å². The van der Waals surface area contributed by atoms with Crippen LogP contribution in [-0.4, -0.2) is 26.2 Å². The lowest BCUT2D eigenvalue weighted by molar-refractivity contribution is 0.204. The summed E-state index contributed by atoms with van der Waals surface area (Å²) in [5, 5.41) is 3.01. The van der Waals surface area contributed by atoms with Gasteiger partial charge in [0.1, 0.15) is 0 Å². The van der Waals surface area contributed by atoms with Crippen LogP contribution in [0.25, 0.3) is 0 Å². The summed E-state index contributed by atoms with van der Waals surface area (Å²) in [6.07, 6.45) is 0. The fraction of sp³-hybridized carbons (Fsp3) is 0.500. The molecule has 19 heavy (non-hydrogen) atoms. The molecule has 0 aliphatic rings. The van der Waals surface area contributed by atoms with Crippen LogP contribution in [0.5, 0.6) is 0 Å². The molecule has 108 valence electrons. The van der Waals surface area contributed by atoms with Gasteiger partial charge in [0.2, 0.25) is 0 Å². The van der Waals surface area contributed by atoms with Crippen LogP contribution in [0, 0.1) is 20.8 Å². The Labute approximate surface area is 132 Å². The number of ether oxygens (including phenoxy) is 1. The molecule has 1 aromatic rings.